The molecule has 0 aliphatic carbocycles. The molecule has 0 unspecified atom stereocenters. The number of hydrogen-bond donors (Lipinski definition) is 1. The number of amides is 3. The molecule has 3 amide bonds. The number of anilines is 2. The van der Waals surface area contributed by atoms with Crippen molar-refractivity contribution in [3.8, 4) is 11.3 Å². The van der Waals surface area contributed by atoms with E-state index in [1.54, 1.807) is 30.0 Å². The number of rotatable bonds is 2. The number of fused-ring (bicyclic) bond motifs is 2. The summed E-state index contributed by atoms with van der Waals surface area (Å²) in [5.41, 5.74) is 3.51. The molecule has 2 aliphatic heterocycles. The van der Waals surface area contributed by atoms with Crippen LogP contribution in [0.15, 0.2) is 59.1 Å². The van der Waals surface area contributed by atoms with Gasteiger partial charge in [-0.05, 0) is 36.6 Å². The smallest absolute Gasteiger partial charge is 0.324 e. The fourth-order valence-electron chi connectivity index (χ4n) is 4.78. The molecule has 32 heavy (non-hydrogen) atoms. The molecule has 2 aromatic carbocycles. The van der Waals surface area contributed by atoms with Gasteiger partial charge in [-0.1, -0.05) is 47.1 Å². The van der Waals surface area contributed by atoms with Gasteiger partial charge in [0.1, 0.15) is 5.69 Å². The van der Waals surface area contributed by atoms with E-state index >= 15 is 0 Å². The number of aromatic nitrogens is 1. The van der Waals surface area contributed by atoms with Gasteiger partial charge in [0.05, 0.1) is 0 Å². The monoisotopic (exact) mass is 450 g/mol. The highest BCUT2D eigenvalue weighted by molar-refractivity contribution is 6.30. The van der Waals surface area contributed by atoms with E-state index in [0.29, 0.717) is 36.2 Å². The predicted octanol–water partition coefficient (Wildman–Crippen LogP) is 4.93. The Labute approximate surface area is 190 Å². The molecule has 1 fully saturated rings. The van der Waals surface area contributed by atoms with Crippen LogP contribution in [-0.4, -0.2) is 41.6 Å². The van der Waals surface area contributed by atoms with Crippen molar-refractivity contribution >= 4 is 35.1 Å². The number of hydrogen-bond acceptors (Lipinski definition) is 4. The lowest BCUT2D eigenvalue weighted by molar-refractivity contribution is -0.116. The van der Waals surface area contributed by atoms with Crippen molar-refractivity contribution < 1.29 is 14.1 Å². The summed E-state index contributed by atoms with van der Waals surface area (Å²) in [7, 11) is 0. The molecule has 0 atom stereocenters. The van der Waals surface area contributed by atoms with Crippen LogP contribution in [0.1, 0.15) is 25.3 Å². The van der Waals surface area contributed by atoms with Crippen LogP contribution >= 0.6 is 11.6 Å². The van der Waals surface area contributed by atoms with Crippen LogP contribution in [0.25, 0.3) is 11.3 Å². The normalized spacial score (nSPS) is 16.8. The van der Waals surface area contributed by atoms with Crippen molar-refractivity contribution in [2.24, 2.45) is 0 Å². The number of carbonyl (C=O) groups is 2. The van der Waals surface area contributed by atoms with Crippen molar-refractivity contribution in [2.75, 3.05) is 29.9 Å². The fourth-order valence-corrected chi connectivity index (χ4v) is 4.97. The third-order valence-corrected chi connectivity index (χ3v) is 6.71. The molecule has 1 spiro atoms. The Bertz CT molecular complexity index is 1180. The number of piperidine rings is 1. The fraction of sp³-hybridized carbons (Fsp3) is 0.292. The Balaban J connectivity index is 1.26. The largest absolute Gasteiger partial charge is 0.338 e. The molecule has 164 valence electrons. The highest BCUT2D eigenvalue weighted by atomic mass is 35.5. The molecule has 1 aromatic heterocycles. The van der Waals surface area contributed by atoms with E-state index < -0.39 is 0 Å². The first kappa shape index (κ1) is 20.6. The average molecular weight is 451 g/mol. The van der Waals surface area contributed by atoms with Gasteiger partial charge in [0.15, 0.2) is 0 Å². The second kappa shape index (κ2) is 7.98. The highest BCUT2D eigenvalue weighted by Crippen LogP contribution is 2.47. The number of carbonyl (C=O) groups excluding carboxylic acids is 2. The van der Waals surface area contributed by atoms with Crippen LogP contribution in [0.4, 0.5) is 16.4 Å². The van der Waals surface area contributed by atoms with Gasteiger partial charge in [-0.25, -0.2) is 4.79 Å². The molecule has 3 heterocycles. The number of nitrogens with zero attached hydrogens (tertiary/aromatic N) is 3. The summed E-state index contributed by atoms with van der Waals surface area (Å²) in [5, 5.41) is 7.44. The molecule has 1 N–H and O–H groups in total. The van der Waals surface area contributed by atoms with Gasteiger partial charge in [0, 0.05) is 54.3 Å². The average Bonchev–Trinajstić information content (AvgIpc) is 3.38. The maximum Gasteiger partial charge on any atom is 0.324 e. The summed E-state index contributed by atoms with van der Waals surface area (Å²) in [6.45, 7) is 3.47. The third kappa shape index (κ3) is 3.62. The molecule has 8 heteroatoms. The summed E-state index contributed by atoms with van der Waals surface area (Å²) in [6, 6.07) is 16.9. The first-order valence-electron chi connectivity index (χ1n) is 10.6. The molecule has 0 bridgehead atoms. The van der Waals surface area contributed by atoms with Crippen LogP contribution < -0.4 is 10.2 Å². The maximum atomic E-state index is 12.8. The van der Waals surface area contributed by atoms with Gasteiger partial charge in [-0.2, -0.15) is 0 Å². The first-order chi connectivity index (χ1) is 15.4. The number of urea groups is 1. The first-order valence-corrected chi connectivity index (χ1v) is 11.0. The highest BCUT2D eigenvalue weighted by Gasteiger charge is 2.46. The van der Waals surface area contributed by atoms with E-state index in [1.165, 1.54) is 5.56 Å². The zero-order valence-corrected chi connectivity index (χ0v) is 18.4. The van der Waals surface area contributed by atoms with Gasteiger partial charge in [-0.3, -0.25) is 10.1 Å². The summed E-state index contributed by atoms with van der Waals surface area (Å²) in [5.74, 6) is 0.342. The van der Waals surface area contributed by atoms with Crippen molar-refractivity contribution in [3.05, 3.63) is 65.2 Å². The minimum Gasteiger partial charge on any atom is -0.338 e. The van der Waals surface area contributed by atoms with Crippen molar-refractivity contribution in [1.82, 2.24) is 10.1 Å². The lowest BCUT2D eigenvalue weighted by Crippen LogP contribution is -2.48. The molecule has 5 rings (SSSR count). The molecule has 2 aliphatic rings. The maximum absolute atomic E-state index is 12.8. The molecule has 7 nitrogen and oxygen atoms in total. The van der Waals surface area contributed by atoms with Crippen LogP contribution in [0.2, 0.25) is 5.02 Å². The standard InChI is InChI=1S/C24H23ClN4O3/c1-16(30)29-15-24(19-7-2-3-8-21(19)29)9-11-28(12-10-24)23(31)26-22-14-20(27-32-22)17-5-4-6-18(25)13-17/h2-8,13-14H,9-12,15H2,1H3,(H,26,31). The summed E-state index contributed by atoms with van der Waals surface area (Å²) in [4.78, 5) is 28.6. The van der Waals surface area contributed by atoms with Crippen molar-refractivity contribution in [1.29, 1.82) is 0 Å². The predicted molar refractivity (Wildman–Crippen MR) is 123 cm³/mol. The summed E-state index contributed by atoms with van der Waals surface area (Å²) < 4.78 is 5.30. The molecular formula is C24H23ClN4O3. The van der Waals surface area contributed by atoms with Crippen LogP contribution in [0.5, 0.6) is 0 Å². The summed E-state index contributed by atoms with van der Waals surface area (Å²) >= 11 is 6.04. The second-order valence-corrected chi connectivity index (χ2v) is 8.84. The van der Waals surface area contributed by atoms with Gasteiger partial charge >= 0.3 is 6.03 Å². The minimum absolute atomic E-state index is 0.0512. The molecule has 0 radical (unpaired) electrons. The van der Waals surface area contributed by atoms with E-state index in [0.717, 1.165) is 24.1 Å². The van der Waals surface area contributed by atoms with Crippen LogP contribution in [-0.2, 0) is 10.2 Å². The van der Waals surface area contributed by atoms with E-state index in [9.17, 15) is 9.59 Å². The minimum atomic E-state index is -0.219. The van der Waals surface area contributed by atoms with Crippen LogP contribution in [0, 0.1) is 0 Å². The number of para-hydroxylation sites is 1. The zero-order valence-electron chi connectivity index (χ0n) is 17.7. The Morgan fingerprint density at radius 1 is 1.09 bits per heavy atom. The van der Waals surface area contributed by atoms with E-state index in [-0.39, 0.29) is 17.4 Å². The summed E-state index contributed by atoms with van der Waals surface area (Å²) in [6.07, 6.45) is 1.59. The van der Waals surface area contributed by atoms with E-state index in [1.807, 2.05) is 35.2 Å². The van der Waals surface area contributed by atoms with Gasteiger partial charge < -0.3 is 14.3 Å². The van der Waals surface area contributed by atoms with Crippen molar-refractivity contribution in [3.63, 3.8) is 0 Å². The Hall–Kier alpha value is -3.32. The van der Waals surface area contributed by atoms with Gasteiger partial charge in [0.2, 0.25) is 11.8 Å². The number of nitrogens with one attached hydrogen (secondary N) is 1. The molecule has 3 aromatic rings. The Morgan fingerprint density at radius 3 is 2.62 bits per heavy atom. The number of halogens is 1. The Morgan fingerprint density at radius 2 is 1.88 bits per heavy atom. The van der Waals surface area contributed by atoms with Crippen molar-refractivity contribution in [2.45, 2.75) is 25.2 Å². The molecule has 0 saturated carbocycles. The number of likely N-dealkylation sites (tertiary alicyclic amines) is 1. The van der Waals surface area contributed by atoms with E-state index in [2.05, 4.69) is 16.5 Å². The number of benzene rings is 2. The molecule has 1 saturated heterocycles. The van der Waals surface area contributed by atoms with Gasteiger partial charge in [-0.15, -0.1) is 0 Å². The Kier molecular flexibility index (Phi) is 5.13. The topological polar surface area (TPSA) is 78.7 Å². The van der Waals surface area contributed by atoms with Crippen LogP contribution in [0.3, 0.4) is 0 Å². The van der Waals surface area contributed by atoms with E-state index in [4.69, 9.17) is 16.1 Å². The lowest BCUT2D eigenvalue weighted by atomic mass is 9.74. The van der Waals surface area contributed by atoms with Gasteiger partial charge in [0.25, 0.3) is 0 Å². The zero-order chi connectivity index (χ0) is 22.3. The SMILES string of the molecule is CC(=O)N1CC2(CCN(C(=O)Nc3cc(-c4cccc(Cl)c4)no3)CC2)c2ccccc21. The lowest BCUT2D eigenvalue weighted by Gasteiger charge is -2.39. The quantitative estimate of drug-likeness (QED) is 0.600. The second-order valence-electron chi connectivity index (χ2n) is 8.41. The molecular weight excluding hydrogens is 428 g/mol. The third-order valence-electron chi connectivity index (χ3n) is 6.48.